The lowest BCUT2D eigenvalue weighted by atomic mass is 10.0. The Balaban J connectivity index is 1.79. The molecule has 3 fully saturated rings. The Morgan fingerprint density at radius 2 is 1.90 bits per heavy atom. The van der Waals surface area contributed by atoms with Crippen molar-refractivity contribution in [3.05, 3.63) is 0 Å². The first-order chi connectivity index (χ1) is 10.3. The van der Waals surface area contributed by atoms with Gasteiger partial charge in [0.15, 0.2) is 0 Å². The van der Waals surface area contributed by atoms with Gasteiger partial charge in [-0.15, -0.1) is 0 Å². The first-order valence-corrected chi connectivity index (χ1v) is 10.0. The lowest BCUT2D eigenvalue weighted by Crippen LogP contribution is -2.50. The number of nitrogens with one attached hydrogen (secondary N) is 1. The number of hydrogen-bond donors (Lipinski definition) is 1. The minimum atomic E-state index is 0.0727. The predicted octanol–water partition coefficient (Wildman–Crippen LogP) is 3.39. The average Bonchev–Trinajstić information content (AvgIpc) is 3.18. The molecule has 120 valence electrons. The lowest BCUT2D eigenvalue weighted by molar-refractivity contribution is -0.132. The number of rotatable bonds is 5. The maximum absolute atomic E-state index is 12.9. The lowest BCUT2D eigenvalue weighted by Gasteiger charge is -2.36. The summed E-state index contributed by atoms with van der Waals surface area (Å²) >= 11 is 2.07. The Kier molecular flexibility index (Phi) is 5.15. The fourth-order valence-electron chi connectivity index (χ4n) is 4.61. The van der Waals surface area contributed by atoms with Gasteiger partial charge in [0.2, 0.25) is 5.91 Å². The molecule has 4 heteroatoms. The van der Waals surface area contributed by atoms with Crippen molar-refractivity contribution in [3.8, 4) is 0 Å². The summed E-state index contributed by atoms with van der Waals surface area (Å²) in [6, 6.07) is 0.556. The molecule has 1 amide bonds. The van der Waals surface area contributed by atoms with Crippen LogP contribution in [0.3, 0.4) is 0 Å². The SMILES string of the molecule is CCSC1CCCC1N1C(=O)C(CC)NC1C1CCCC1. The van der Waals surface area contributed by atoms with Crippen LogP contribution in [0, 0.1) is 5.92 Å². The number of thioether (sulfide) groups is 1. The van der Waals surface area contributed by atoms with Crippen LogP contribution in [0.5, 0.6) is 0 Å². The zero-order chi connectivity index (χ0) is 14.8. The van der Waals surface area contributed by atoms with Crippen LogP contribution in [0.1, 0.15) is 65.2 Å². The van der Waals surface area contributed by atoms with Gasteiger partial charge in [-0.3, -0.25) is 10.1 Å². The monoisotopic (exact) mass is 310 g/mol. The molecule has 0 aromatic heterocycles. The van der Waals surface area contributed by atoms with Crippen molar-refractivity contribution in [2.24, 2.45) is 5.92 Å². The number of hydrogen-bond acceptors (Lipinski definition) is 3. The molecule has 4 atom stereocenters. The molecule has 0 radical (unpaired) electrons. The summed E-state index contributed by atoms with van der Waals surface area (Å²) in [5, 5.41) is 4.36. The Morgan fingerprint density at radius 3 is 2.57 bits per heavy atom. The first kappa shape index (κ1) is 15.7. The molecule has 3 aliphatic rings. The highest BCUT2D eigenvalue weighted by Crippen LogP contribution is 2.40. The molecule has 2 saturated carbocycles. The molecule has 1 N–H and O–H groups in total. The highest BCUT2D eigenvalue weighted by atomic mass is 32.2. The molecule has 1 heterocycles. The third-order valence-corrected chi connectivity index (χ3v) is 6.95. The molecule has 3 rings (SSSR count). The molecule has 0 bridgehead atoms. The number of nitrogens with zero attached hydrogens (tertiary/aromatic N) is 1. The summed E-state index contributed by atoms with van der Waals surface area (Å²) in [5.74, 6) is 2.25. The predicted molar refractivity (Wildman–Crippen MR) is 89.4 cm³/mol. The molecule has 2 aliphatic carbocycles. The van der Waals surface area contributed by atoms with Gasteiger partial charge < -0.3 is 4.90 Å². The number of carbonyl (C=O) groups excluding carboxylic acids is 1. The van der Waals surface area contributed by atoms with Gasteiger partial charge in [0.25, 0.3) is 0 Å². The van der Waals surface area contributed by atoms with Crippen molar-refractivity contribution in [1.29, 1.82) is 0 Å². The van der Waals surface area contributed by atoms with Gasteiger partial charge in [-0.1, -0.05) is 33.1 Å². The normalized spacial score (nSPS) is 37.8. The molecule has 0 spiro atoms. The van der Waals surface area contributed by atoms with Gasteiger partial charge >= 0.3 is 0 Å². The Labute approximate surface area is 133 Å². The van der Waals surface area contributed by atoms with E-state index in [1.54, 1.807) is 0 Å². The molecule has 0 aromatic rings. The molecule has 21 heavy (non-hydrogen) atoms. The summed E-state index contributed by atoms with van der Waals surface area (Å²) in [5.41, 5.74) is 0. The van der Waals surface area contributed by atoms with Crippen molar-refractivity contribution in [2.45, 2.75) is 88.7 Å². The van der Waals surface area contributed by atoms with Crippen LogP contribution in [0.2, 0.25) is 0 Å². The molecule has 3 nitrogen and oxygen atoms in total. The van der Waals surface area contributed by atoms with E-state index in [4.69, 9.17) is 0 Å². The van der Waals surface area contributed by atoms with Crippen molar-refractivity contribution in [1.82, 2.24) is 10.2 Å². The second kappa shape index (κ2) is 6.91. The fraction of sp³-hybridized carbons (Fsp3) is 0.941. The zero-order valence-corrected chi connectivity index (χ0v) is 14.3. The average molecular weight is 311 g/mol. The van der Waals surface area contributed by atoms with Gasteiger partial charge in [-0.2, -0.15) is 11.8 Å². The number of carbonyl (C=O) groups is 1. The maximum Gasteiger partial charge on any atom is 0.241 e. The van der Waals surface area contributed by atoms with Crippen LogP contribution < -0.4 is 5.32 Å². The van der Waals surface area contributed by atoms with Crippen LogP contribution in [-0.2, 0) is 4.79 Å². The Hall–Kier alpha value is -0.220. The van der Waals surface area contributed by atoms with Gasteiger partial charge in [-0.25, -0.2) is 0 Å². The third-order valence-electron chi connectivity index (χ3n) is 5.63. The van der Waals surface area contributed by atoms with E-state index in [-0.39, 0.29) is 6.04 Å². The van der Waals surface area contributed by atoms with Crippen LogP contribution in [0.15, 0.2) is 0 Å². The van der Waals surface area contributed by atoms with E-state index in [9.17, 15) is 4.79 Å². The number of amides is 1. The van der Waals surface area contributed by atoms with E-state index in [0.717, 1.165) is 6.42 Å². The standard InChI is InChI=1S/C17H30N2OS/c1-3-13-17(20)19(14-10-7-11-15(14)21-4-2)16(18-13)12-8-5-6-9-12/h12-16,18H,3-11H2,1-2H3. The van der Waals surface area contributed by atoms with Crippen molar-refractivity contribution >= 4 is 17.7 Å². The summed E-state index contributed by atoms with van der Waals surface area (Å²) in [6.45, 7) is 4.38. The zero-order valence-electron chi connectivity index (χ0n) is 13.5. The largest absolute Gasteiger partial charge is 0.321 e. The molecular weight excluding hydrogens is 280 g/mol. The van der Waals surface area contributed by atoms with E-state index < -0.39 is 0 Å². The van der Waals surface area contributed by atoms with Gasteiger partial charge in [-0.05, 0) is 43.8 Å². The van der Waals surface area contributed by atoms with E-state index in [2.05, 4.69) is 35.8 Å². The summed E-state index contributed by atoms with van der Waals surface area (Å²) in [4.78, 5) is 15.2. The van der Waals surface area contributed by atoms with Gasteiger partial charge in [0, 0.05) is 11.3 Å². The molecule has 1 aliphatic heterocycles. The summed E-state index contributed by atoms with van der Waals surface area (Å²) < 4.78 is 0. The van der Waals surface area contributed by atoms with Crippen molar-refractivity contribution < 1.29 is 4.79 Å². The second-order valence-electron chi connectivity index (χ2n) is 6.85. The molecule has 1 saturated heterocycles. The maximum atomic E-state index is 12.9. The smallest absolute Gasteiger partial charge is 0.241 e. The molecule has 4 unspecified atom stereocenters. The highest BCUT2D eigenvalue weighted by Gasteiger charge is 2.48. The van der Waals surface area contributed by atoms with Crippen LogP contribution in [-0.4, -0.2) is 40.1 Å². The van der Waals surface area contributed by atoms with Gasteiger partial charge in [0.05, 0.1) is 12.2 Å². The van der Waals surface area contributed by atoms with Crippen LogP contribution >= 0.6 is 11.8 Å². The summed E-state index contributed by atoms with van der Waals surface area (Å²) in [6.07, 6.45) is 10.3. The fourth-order valence-corrected chi connectivity index (χ4v) is 5.86. The van der Waals surface area contributed by atoms with E-state index in [1.165, 1.54) is 50.7 Å². The minimum absolute atomic E-state index is 0.0727. The molecular formula is C17H30N2OS. The summed E-state index contributed by atoms with van der Waals surface area (Å²) in [7, 11) is 0. The Bertz CT molecular complexity index is 370. The van der Waals surface area contributed by atoms with Crippen molar-refractivity contribution in [3.63, 3.8) is 0 Å². The first-order valence-electron chi connectivity index (χ1n) is 8.96. The van der Waals surface area contributed by atoms with Gasteiger partial charge in [0.1, 0.15) is 0 Å². The van der Waals surface area contributed by atoms with Crippen LogP contribution in [0.4, 0.5) is 0 Å². The topological polar surface area (TPSA) is 32.3 Å². The highest BCUT2D eigenvalue weighted by molar-refractivity contribution is 7.99. The quantitative estimate of drug-likeness (QED) is 0.845. The van der Waals surface area contributed by atoms with E-state index in [0.29, 0.717) is 29.3 Å². The van der Waals surface area contributed by atoms with E-state index >= 15 is 0 Å². The molecule has 0 aromatic carbocycles. The van der Waals surface area contributed by atoms with Crippen LogP contribution in [0.25, 0.3) is 0 Å². The minimum Gasteiger partial charge on any atom is -0.321 e. The van der Waals surface area contributed by atoms with E-state index in [1.807, 2.05) is 0 Å². The van der Waals surface area contributed by atoms with Crippen molar-refractivity contribution in [2.75, 3.05) is 5.75 Å². The Morgan fingerprint density at radius 1 is 1.14 bits per heavy atom. The second-order valence-corrected chi connectivity index (χ2v) is 8.37. The third kappa shape index (κ3) is 2.98.